The standard InChI is InChI=1S/C19H23N5O3/c1-22-19(27)24(14-7-3-2-4-8-14)17(21-22)13-6-5-11-23(12-13)18(26)15-9-10-16(25)20-15/h2-4,7-8,13,15H,5-6,9-12H2,1H3,(H,20,25). The zero-order valence-electron chi connectivity index (χ0n) is 15.3. The number of benzene rings is 1. The predicted octanol–water partition coefficient (Wildman–Crippen LogP) is 0.556. The van der Waals surface area contributed by atoms with Crippen molar-refractivity contribution in [1.82, 2.24) is 24.6 Å². The molecule has 0 saturated carbocycles. The molecule has 2 aliphatic rings. The number of carbonyl (C=O) groups excluding carboxylic acids is 2. The van der Waals surface area contributed by atoms with Gasteiger partial charge in [-0.25, -0.2) is 14.0 Å². The lowest BCUT2D eigenvalue weighted by Crippen LogP contribution is -2.48. The molecule has 8 nitrogen and oxygen atoms in total. The van der Waals surface area contributed by atoms with Crippen LogP contribution in [-0.4, -0.2) is 50.2 Å². The van der Waals surface area contributed by atoms with Gasteiger partial charge < -0.3 is 10.2 Å². The molecule has 2 aliphatic heterocycles. The maximum absolute atomic E-state index is 12.8. The van der Waals surface area contributed by atoms with E-state index in [0.29, 0.717) is 31.8 Å². The lowest BCUT2D eigenvalue weighted by molar-refractivity contribution is -0.135. The molecule has 2 atom stereocenters. The summed E-state index contributed by atoms with van der Waals surface area (Å²) in [5.41, 5.74) is 0.583. The highest BCUT2D eigenvalue weighted by Crippen LogP contribution is 2.27. The zero-order chi connectivity index (χ0) is 19.0. The Balaban J connectivity index is 1.61. The highest BCUT2D eigenvalue weighted by molar-refractivity contribution is 5.90. The minimum Gasteiger partial charge on any atom is -0.344 e. The van der Waals surface area contributed by atoms with Crippen molar-refractivity contribution >= 4 is 11.8 Å². The number of hydrogen-bond acceptors (Lipinski definition) is 4. The fourth-order valence-electron chi connectivity index (χ4n) is 3.98. The van der Waals surface area contributed by atoms with Crippen molar-refractivity contribution in [3.05, 3.63) is 46.6 Å². The van der Waals surface area contributed by atoms with Crippen LogP contribution in [0.4, 0.5) is 0 Å². The third-order valence-electron chi connectivity index (χ3n) is 5.36. The third kappa shape index (κ3) is 3.27. The molecule has 2 fully saturated rings. The highest BCUT2D eigenvalue weighted by Gasteiger charge is 2.35. The Labute approximate surface area is 156 Å². The fraction of sp³-hybridized carbons (Fsp3) is 0.474. The molecule has 8 heteroatoms. The molecule has 1 aromatic carbocycles. The third-order valence-corrected chi connectivity index (χ3v) is 5.36. The van der Waals surface area contributed by atoms with Crippen molar-refractivity contribution in [1.29, 1.82) is 0 Å². The summed E-state index contributed by atoms with van der Waals surface area (Å²) in [6.07, 6.45) is 2.67. The van der Waals surface area contributed by atoms with Crippen molar-refractivity contribution in [3.8, 4) is 5.69 Å². The summed E-state index contributed by atoms with van der Waals surface area (Å²) < 4.78 is 2.98. The first-order valence-corrected chi connectivity index (χ1v) is 9.34. The lowest BCUT2D eigenvalue weighted by atomic mass is 9.96. The number of nitrogens with zero attached hydrogens (tertiary/aromatic N) is 4. The maximum atomic E-state index is 12.8. The number of piperidine rings is 1. The van der Waals surface area contributed by atoms with Crippen LogP contribution < -0.4 is 11.0 Å². The number of carbonyl (C=O) groups is 2. The average Bonchev–Trinajstić information content (AvgIpc) is 3.25. The number of aromatic nitrogens is 3. The summed E-state index contributed by atoms with van der Waals surface area (Å²) in [6.45, 7) is 1.18. The van der Waals surface area contributed by atoms with E-state index < -0.39 is 6.04 Å². The van der Waals surface area contributed by atoms with Gasteiger partial charge in [0.2, 0.25) is 11.8 Å². The summed E-state index contributed by atoms with van der Waals surface area (Å²) in [5.74, 6) is 0.565. The van der Waals surface area contributed by atoms with E-state index in [1.807, 2.05) is 30.3 Å². The number of aryl methyl sites for hydroxylation is 1. The quantitative estimate of drug-likeness (QED) is 0.856. The largest absolute Gasteiger partial charge is 0.350 e. The van der Waals surface area contributed by atoms with Gasteiger partial charge in [0.15, 0.2) is 0 Å². The van der Waals surface area contributed by atoms with Crippen molar-refractivity contribution in [2.75, 3.05) is 13.1 Å². The normalized spacial score (nSPS) is 22.7. The van der Waals surface area contributed by atoms with Gasteiger partial charge in [0.1, 0.15) is 11.9 Å². The molecule has 2 saturated heterocycles. The Morgan fingerprint density at radius 1 is 1.19 bits per heavy atom. The van der Waals surface area contributed by atoms with Gasteiger partial charge in [-0.15, -0.1) is 0 Å². The minimum atomic E-state index is -0.420. The first-order valence-electron chi connectivity index (χ1n) is 9.34. The first kappa shape index (κ1) is 17.5. The van der Waals surface area contributed by atoms with Gasteiger partial charge in [-0.1, -0.05) is 18.2 Å². The topological polar surface area (TPSA) is 89.2 Å². The predicted molar refractivity (Wildman–Crippen MR) is 98.5 cm³/mol. The van der Waals surface area contributed by atoms with E-state index >= 15 is 0 Å². The molecule has 0 aliphatic carbocycles. The second kappa shape index (κ2) is 7.02. The van der Waals surface area contributed by atoms with Crippen LogP contribution in [0, 0.1) is 0 Å². The molecule has 1 N–H and O–H groups in total. The fourth-order valence-corrected chi connectivity index (χ4v) is 3.98. The van der Waals surface area contributed by atoms with Crippen LogP contribution in [0.3, 0.4) is 0 Å². The Bertz CT molecular complexity index is 917. The van der Waals surface area contributed by atoms with Crippen LogP contribution in [0.5, 0.6) is 0 Å². The number of hydrogen-bond donors (Lipinski definition) is 1. The highest BCUT2D eigenvalue weighted by atomic mass is 16.2. The van der Waals surface area contributed by atoms with Gasteiger partial charge >= 0.3 is 5.69 Å². The summed E-state index contributed by atoms with van der Waals surface area (Å²) in [5, 5.41) is 7.22. The van der Waals surface area contributed by atoms with E-state index in [1.54, 1.807) is 16.5 Å². The van der Waals surface area contributed by atoms with Gasteiger partial charge in [-0.05, 0) is 31.4 Å². The molecule has 27 heavy (non-hydrogen) atoms. The van der Waals surface area contributed by atoms with Gasteiger partial charge in [0.05, 0.1) is 5.69 Å². The Morgan fingerprint density at radius 2 is 1.96 bits per heavy atom. The second-order valence-corrected chi connectivity index (χ2v) is 7.22. The van der Waals surface area contributed by atoms with Crippen LogP contribution in [0.2, 0.25) is 0 Å². The molecule has 4 rings (SSSR count). The van der Waals surface area contributed by atoms with Gasteiger partial charge in [-0.2, -0.15) is 5.10 Å². The molecular formula is C19H23N5O3. The number of para-hydroxylation sites is 1. The number of rotatable bonds is 3. The first-order chi connectivity index (χ1) is 13.0. The minimum absolute atomic E-state index is 0.0195. The molecule has 2 unspecified atom stereocenters. The van der Waals surface area contributed by atoms with Gasteiger partial charge in [-0.3, -0.25) is 9.59 Å². The zero-order valence-corrected chi connectivity index (χ0v) is 15.3. The second-order valence-electron chi connectivity index (χ2n) is 7.22. The molecule has 2 aromatic rings. The molecule has 0 radical (unpaired) electrons. The number of nitrogens with one attached hydrogen (secondary N) is 1. The van der Waals surface area contributed by atoms with E-state index in [1.165, 1.54) is 4.68 Å². The van der Waals surface area contributed by atoms with Crippen molar-refractivity contribution in [3.63, 3.8) is 0 Å². The molecule has 1 aromatic heterocycles. The molecular weight excluding hydrogens is 346 g/mol. The van der Waals surface area contributed by atoms with Crippen LogP contribution in [0.25, 0.3) is 5.69 Å². The Kier molecular flexibility index (Phi) is 4.55. The summed E-state index contributed by atoms with van der Waals surface area (Å²) >= 11 is 0. The van der Waals surface area contributed by atoms with Gasteiger partial charge in [0.25, 0.3) is 0 Å². The van der Waals surface area contributed by atoms with Crippen LogP contribution >= 0.6 is 0 Å². The molecule has 0 bridgehead atoms. The lowest BCUT2D eigenvalue weighted by Gasteiger charge is -2.33. The summed E-state index contributed by atoms with van der Waals surface area (Å²) in [6, 6.07) is 9.02. The van der Waals surface area contributed by atoms with Crippen molar-refractivity contribution in [2.24, 2.45) is 7.05 Å². The smallest absolute Gasteiger partial charge is 0.344 e. The average molecular weight is 369 g/mol. The van der Waals surface area contributed by atoms with Crippen LogP contribution in [0.15, 0.2) is 35.1 Å². The van der Waals surface area contributed by atoms with Crippen molar-refractivity contribution < 1.29 is 9.59 Å². The van der Waals surface area contributed by atoms with Crippen LogP contribution in [0.1, 0.15) is 37.4 Å². The monoisotopic (exact) mass is 369 g/mol. The van der Waals surface area contributed by atoms with E-state index in [9.17, 15) is 14.4 Å². The Morgan fingerprint density at radius 3 is 2.67 bits per heavy atom. The number of likely N-dealkylation sites (tertiary alicyclic amines) is 1. The molecule has 2 amide bonds. The van der Waals surface area contributed by atoms with E-state index in [-0.39, 0.29) is 23.4 Å². The van der Waals surface area contributed by atoms with E-state index in [4.69, 9.17) is 0 Å². The molecule has 3 heterocycles. The van der Waals surface area contributed by atoms with E-state index in [0.717, 1.165) is 18.5 Å². The molecule has 0 spiro atoms. The maximum Gasteiger partial charge on any atom is 0.350 e. The number of amides is 2. The van der Waals surface area contributed by atoms with Crippen LogP contribution in [-0.2, 0) is 16.6 Å². The summed E-state index contributed by atoms with van der Waals surface area (Å²) in [7, 11) is 1.64. The van der Waals surface area contributed by atoms with E-state index in [2.05, 4.69) is 10.4 Å². The molecule has 142 valence electrons. The Hall–Kier alpha value is -2.90. The van der Waals surface area contributed by atoms with Gasteiger partial charge in [0, 0.05) is 32.5 Å². The summed E-state index contributed by atoms with van der Waals surface area (Å²) in [4.78, 5) is 38.6. The SMILES string of the molecule is Cn1nc(C2CCCN(C(=O)C3CCC(=O)N3)C2)n(-c2ccccc2)c1=O. The van der Waals surface area contributed by atoms with Crippen molar-refractivity contribution in [2.45, 2.75) is 37.6 Å².